The zero-order valence-corrected chi connectivity index (χ0v) is 14.3. The molecule has 5 heteroatoms. The fourth-order valence-electron chi connectivity index (χ4n) is 2.34. The lowest BCUT2D eigenvalue weighted by molar-refractivity contribution is 0.0348. The Kier molecular flexibility index (Phi) is 13.3. The molecule has 0 rings (SSSR count). The summed E-state index contributed by atoms with van der Waals surface area (Å²) in [7, 11) is 1.69. The van der Waals surface area contributed by atoms with E-state index in [1.165, 1.54) is 0 Å². The Morgan fingerprint density at radius 1 is 1.00 bits per heavy atom. The summed E-state index contributed by atoms with van der Waals surface area (Å²) in [6.45, 7) is 9.93. The maximum absolute atomic E-state index is 9.64. The van der Waals surface area contributed by atoms with Crippen molar-refractivity contribution in [3.05, 3.63) is 0 Å². The van der Waals surface area contributed by atoms with Crippen molar-refractivity contribution in [1.82, 2.24) is 5.32 Å². The van der Waals surface area contributed by atoms with Crippen molar-refractivity contribution in [3.63, 3.8) is 0 Å². The highest BCUT2D eigenvalue weighted by atomic mass is 16.5. The van der Waals surface area contributed by atoms with Crippen LogP contribution in [0.15, 0.2) is 0 Å². The van der Waals surface area contributed by atoms with Crippen LogP contribution in [-0.2, 0) is 14.2 Å². The van der Waals surface area contributed by atoms with E-state index in [0.717, 1.165) is 38.9 Å². The van der Waals surface area contributed by atoms with Crippen molar-refractivity contribution >= 4 is 0 Å². The topological polar surface area (TPSA) is 60.0 Å². The van der Waals surface area contributed by atoms with Crippen LogP contribution in [0.2, 0.25) is 0 Å². The van der Waals surface area contributed by atoms with Crippen molar-refractivity contribution in [2.75, 3.05) is 46.8 Å². The lowest BCUT2D eigenvalue weighted by Gasteiger charge is -2.34. The van der Waals surface area contributed by atoms with Gasteiger partial charge in [0.15, 0.2) is 0 Å². The van der Waals surface area contributed by atoms with E-state index in [-0.39, 0.29) is 12.1 Å². The summed E-state index contributed by atoms with van der Waals surface area (Å²) in [6, 6.07) is 0.374. The van der Waals surface area contributed by atoms with Gasteiger partial charge in [0.2, 0.25) is 0 Å². The van der Waals surface area contributed by atoms with E-state index in [4.69, 9.17) is 14.2 Å². The summed E-state index contributed by atoms with van der Waals surface area (Å²) in [4.78, 5) is 0. The second kappa shape index (κ2) is 13.5. The number of hydrogen-bond donors (Lipinski definition) is 2. The van der Waals surface area contributed by atoms with Crippen molar-refractivity contribution < 1.29 is 19.3 Å². The summed E-state index contributed by atoms with van der Waals surface area (Å²) in [6.07, 6.45) is 3.71. The average molecular weight is 305 g/mol. The van der Waals surface area contributed by atoms with Gasteiger partial charge in [0, 0.05) is 38.5 Å². The summed E-state index contributed by atoms with van der Waals surface area (Å²) in [5.74, 6) is 0. The normalized spacial score (nSPS) is 14.6. The predicted octanol–water partition coefficient (Wildman–Crippen LogP) is 1.98. The zero-order chi connectivity index (χ0) is 16.0. The van der Waals surface area contributed by atoms with Gasteiger partial charge in [0.25, 0.3) is 0 Å². The molecule has 21 heavy (non-hydrogen) atoms. The molecule has 0 spiro atoms. The summed E-state index contributed by atoms with van der Waals surface area (Å²) >= 11 is 0. The molecular weight excluding hydrogens is 270 g/mol. The molecule has 0 aliphatic carbocycles. The molecular formula is C16H35NO4. The van der Waals surface area contributed by atoms with Crippen LogP contribution in [0.4, 0.5) is 0 Å². The number of ether oxygens (including phenoxy) is 3. The van der Waals surface area contributed by atoms with E-state index in [9.17, 15) is 5.11 Å². The van der Waals surface area contributed by atoms with Crippen LogP contribution >= 0.6 is 0 Å². The lowest BCUT2D eigenvalue weighted by Crippen LogP contribution is -2.51. The number of rotatable bonds is 15. The largest absolute Gasteiger partial charge is 0.394 e. The Hall–Kier alpha value is -0.200. The molecule has 0 fully saturated rings. The zero-order valence-electron chi connectivity index (χ0n) is 14.3. The van der Waals surface area contributed by atoms with E-state index in [1.807, 2.05) is 0 Å². The molecule has 0 saturated heterocycles. The second-order valence-electron chi connectivity index (χ2n) is 5.77. The van der Waals surface area contributed by atoms with Gasteiger partial charge in [-0.1, -0.05) is 20.8 Å². The first-order valence-electron chi connectivity index (χ1n) is 8.13. The van der Waals surface area contributed by atoms with E-state index >= 15 is 0 Å². The molecule has 0 aliphatic rings. The highest BCUT2D eigenvalue weighted by Crippen LogP contribution is 2.18. The smallest absolute Gasteiger partial charge is 0.0700 e. The maximum atomic E-state index is 9.64. The minimum absolute atomic E-state index is 0.171. The minimum atomic E-state index is -0.172. The molecule has 5 nitrogen and oxygen atoms in total. The molecule has 2 N–H and O–H groups in total. The summed E-state index contributed by atoms with van der Waals surface area (Å²) < 4.78 is 15.9. The van der Waals surface area contributed by atoms with Crippen LogP contribution in [0.1, 0.15) is 46.5 Å². The van der Waals surface area contributed by atoms with Crippen molar-refractivity contribution in [1.29, 1.82) is 0 Å². The molecule has 128 valence electrons. The molecule has 0 aromatic heterocycles. The first kappa shape index (κ1) is 20.8. The van der Waals surface area contributed by atoms with Gasteiger partial charge >= 0.3 is 0 Å². The first-order chi connectivity index (χ1) is 10.1. The van der Waals surface area contributed by atoms with Gasteiger partial charge in [-0.2, -0.15) is 0 Å². The molecule has 1 atom stereocenters. The third-order valence-electron chi connectivity index (χ3n) is 3.53. The molecule has 0 heterocycles. The SMILES string of the molecule is CCC(CO)(CCCOCCOCCCOC)NC(C)C. The third-order valence-corrected chi connectivity index (χ3v) is 3.53. The number of aliphatic hydroxyl groups is 1. The van der Waals surface area contributed by atoms with Gasteiger partial charge in [-0.05, 0) is 25.7 Å². The van der Waals surface area contributed by atoms with Crippen LogP contribution in [0.25, 0.3) is 0 Å². The van der Waals surface area contributed by atoms with Crippen molar-refractivity contribution in [2.45, 2.75) is 58.0 Å². The molecule has 1 unspecified atom stereocenters. The Morgan fingerprint density at radius 3 is 2.10 bits per heavy atom. The monoisotopic (exact) mass is 305 g/mol. The van der Waals surface area contributed by atoms with Gasteiger partial charge in [-0.15, -0.1) is 0 Å². The standard InChI is InChI=1S/C16H35NO4/c1-5-16(14-18,17-15(2)3)8-6-10-20-12-13-21-11-7-9-19-4/h15,17-18H,5-14H2,1-4H3. The van der Waals surface area contributed by atoms with Gasteiger partial charge in [-0.25, -0.2) is 0 Å². The molecule has 0 aromatic rings. The van der Waals surface area contributed by atoms with E-state index in [1.54, 1.807) is 7.11 Å². The Bertz CT molecular complexity index is 220. The number of aliphatic hydroxyl groups excluding tert-OH is 1. The van der Waals surface area contributed by atoms with E-state index in [2.05, 4.69) is 26.1 Å². The summed E-state index contributed by atoms with van der Waals surface area (Å²) in [5, 5.41) is 13.1. The van der Waals surface area contributed by atoms with E-state index in [0.29, 0.717) is 25.9 Å². The Balaban J connectivity index is 3.58. The predicted molar refractivity (Wildman–Crippen MR) is 85.7 cm³/mol. The van der Waals surface area contributed by atoms with Crippen molar-refractivity contribution in [2.24, 2.45) is 0 Å². The van der Waals surface area contributed by atoms with Crippen LogP contribution in [0.3, 0.4) is 0 Å². The Labute approximate surface area is 130 Å². The molecule has 0 radical (unpaired) electrons. The highest BCUT2D eigenvalue weighted by molar-refractivity contribution is 4.87. The first-order valence-corrected chi connectivity index (χ1v) is 8.13. The Morgan fingerprint density at radius 2 is 1.62 bits per heavy atom. The lowest BCUT2D eigenvalue weighted by atomic mass is 9.90. The molecule has 0 saturated carbocycles. The van der Waals surface area contributed by atoms with Crippen LogP contribution in [-0.4, -0.2) is 63.4 Å². The van der Waals surface area contributed by atoms with Gasteiger partial charge < -0.3 is 24.6 Å². The number of hydrogen-bond acceptors (Lipinski definition) is 5. The van der Waals surface area contributed by atoms with Crippen LogP contribution in [0, 0.1) is 0 Å². The third kappa shape index (κ3) is 11.1. The van der Waals surface area contributed by atoms with Gasteiger partial charge in [0.05, 0.1) is 19.8 Å². The fraction of sp³-hybridized carbons (Fsp3) is 1.00. The quantitative estimate of drug-likeness (QED) is 0.453. The number of methoxy groups -OCH3 is 1. The van der Waals surface area contributed by atoms with Crippen LogP contribution in [0.5, 0.6) is 0 Å². The fourth-order valence-corrected chi connectivity index (χ4v) is 2.34. The molecule has 0 aromatic carbocycles. The molecule has 0 amide bonds. The van der Waals surface area contributed by atoms with Gasteiger partial charge in [-0.3, -0.25) is 0 Å². The molecule has 0 bridgehead atoms. The maximum Gasteiger partial charge on any atom is 0.0700 e. The van der Waals surface area contributed by atoms with Crippen molar-refractivity contribution in [3.8, 4) is 0 Å². The second-order valence-corrected chi connectivity index (χ2v) is 5.77. The molecule has 0 aliphatic heterocycles. The van der Waals surface area contributed by atoms with Crippen LogP contribution < -0.4 is 5.32 Å². The summed E-state index contributed by atoms with van der Waals surface area (Å²) in [5.41, 5.74) is -0.172. The van der Waals surface area contributed by atoms with E-state index < -0.39 is 0 Å². The van der Waals surface area contributed by atoms with Gasteiger partial charge in [0.1, 0.15) is 0 Å². The highest BCUT2D eigenvalue weighted by Gasteiger charge is 2.26. The average Bonchev–Trinajstić information content (AvgIpc) is 2.47. The number of nitrogens with one attached hydrogen (secondary N) is 1. The minimum Gasteiger partial charge on any atom is -0.394 e.